The van der Waals surface area contributed by atoms with Gasteiger partial charge in [-0.3, -0.25) is 9.69 Å². The van der Waals surface area contributed by atoms with Crippen LogP contribution in [0.15, 0.2) is 12.4 Å². The van der Waals surface area contributed by atoms with Crippen LogP contribution in [-0.4, -0.2) is 44.4 Å². The summed E-state index contributed by atoms with van der Waals surface area (Å²) in [6.45, 7) is 4.45. The van der Waals surface area contributed by atoms with Gasteiger partial charge in [-0.15, -0.1) is 0 Å². The smallest absolute Gasteiger partial charge is 0.316 e. The lowest BCUT2D eigenvalue weighted by atomic mass is 10.2. The molecule has 0 aliphatic carbocycles. The highest BCUT2D eigenvalue weighted by Gasteiger charge is 2.32. The molecular formula is C15H17ClFN5O2S. The summed E-state index contributed by atoms with van der Waals surface area (Å²) in [4.78, 5) is 25.4. The second kappa shape index (κ2) is 7.59. The van der Waals surface area contributed by atoms with E-state index in [9.17, 15) is 9.18 Å². The lowest BCUT2D eigenvalue weighted by molar-refractivity contribution is -0.114. The van der Waals surface area contributed by atoms with Crippen LogP contribution in [0, 0.1) is 5.95 Å². The van der Waals surface area contributed by atoms with Crippen molar-refractivity contribution < 1.29 is 13.9 Å². The Kier molecular flexibility index (Phi) is 5.45. The molecule has 1 unspecified atom stereocenters. The third kappa shape index (κ3) is 4.62. The molecule has 2 aromatic heterocycles. The summed E-state index contributed by atoms with van der Waals surface area (Å²) < 4.78 is 19.8. The van der Waals surface area contributed by atoms with Gasteiger partial charge < -0.3 is 10.1 Å². The summed E-state index contributed by atoms with van der Waals surface area (Å²) in [5, 5.41) is 3.23. The Hall–Kier alpha value is -1.84. The van der Waals surface area contributed by atoms with Gasteiger partial charge in [-0.1, -0.05) is 22.9 Å². The molecule has 1 fully saturated rings. The van der Waals surface area contributed by atoms with Crippen molar-refractivity contribution in [2.45, 2.75) is 39.0 Å². The van der Waals surface area contributed by atoms with Crippen molar-refractivity contribution in [3.63, 3.8) is 0 Å². The number of thiazole rings is 1. The van der Waals surface area contributed by atoms with Crippen molar-refractivity contribution in [1.82, 2.24) is 19.9 Å². The summed E-state index contributed by atoms with van der Waals surface area (Å²) in [5.74, 6) is -0.822. The molecule has 2 aromatic rings. The number of nitrogens with zero attached hydrogens (tertiary/aromatic N) is 4. The number of hydrogen-bond acceptors (Lipinski definition) is 7. The summed E-state index contributed by atoms with van der Waals surface area (Å²) in [5.41, 5.74) is 0. The van der Waals surface area contributed by atoms with Crippen LogP contribution in [0.5, 0.6) is 6.01 Å². The summed E-state index contributed by atoms with van der Waals surface area (Å²) in [6, 6.07) is 0.489. The van der Waals surface area contributed by atoms with Gasteiger partial charge >= 0.3 is 6.01 Å². The van der Waals surface area contributed by atoms with Crippen molar-refractivity contribution in [1.29, 1.82) is 0 Å². The Bertz CT molecular complexity index is 757. The van der Waals surface area contributed by atoms with E-state index in [0.29, 0.717) is 23.0 Å². The Balaban J connectivity index is 1.61. The fourth-order valence-corrected chi connectivity index (χ4v) is 3.69. The number of ether oxygens (including phenoxy) is 1. The first-order chi connectivity index (χ1) is 11.9. The number of anilines is 1. The number of amides is 1. The summed E-state index contributed by atoms with van der Waals surface area (Å²) in [7, 11) is 0. The number of carbonyl (C=O) groups is 1. The lowest BCUT2D eigenvalue weighted by Crippen LogP contribution is -2.28. The highest BCUT2D eigenvalue weighted by Crippen LogP contribution is 2.28. The van der Waals surface area contributed by atoms with E-state index in [4.69, 9.17) is 16.3 Å². The molecule has 0 spiro atoms. The van der Waals surface area contributed by atoms with Gasteiger partial charge in [0.15, 0.2) is 5.13 Å². The van der Waals surface area contributed by atoms with Crippen LogP contribution < -0.4 is 10.1 Å². The monoisotopic (exact) mass is 385 g/mol. The first-order valence-corrected chi connectivity index (χ1v) is 8.91. The second-order valence-electron chi connectivity index (χ2n) is 5.85. The number of nitrogens with one attached hydrogen (secondary N) is 1. The normalized spacial score (nSPS) is 20.6. The Labute approximate surface area is 153 Å². The van der Waals surface area contributed by atoms with Gasteiger partial charge in [0, 0.05) is 32.5 Å². The fraction of sp³-hybridized carbons (Fsp3) is 0.467. The maximum atomic E-state index is 14.0. The van der Waals surface area contributed by atoms with E-state index in [1.54, 1.807) is 0 Å². The minimum Gasteiger partial charge on any atom is -0.459 e. The lowest BCUT2D eigenvalue weighted by Gasteiger charge is -2.19. The number of likely N-dealkylation sites (tertiary alicyclic amines) is 1. The van der Waals surface area contributed by atoms with E-state index in [2.05, 4.69) is 32.1 Å². The molecule has 1 N–H and O–H groups in total. The number of rotatable bonds is 5. The number of aromatic nitrogens is 3. The van der Waals surface area contributed by atoms with Crippen molar-refractivity contribution in [3.05, 3.63) is 28.2 Å². The molecule has 2 atom stereocenters. The van der Waals surface area contributed by atoms with Crippen LogP contribution >= 0.6 is 22.9 Å². The zero-order valence-electron chi connectivity index (χ0n) is 13.7. The van der Waals surface area contributed by atoms with Crippen molar-refractivity contribution in [2.24, 2.45) is 0 Å². The Morgan fingerprint density at radius 2 is 2.24 bits per heavy atom. The largest absolute Gasteiger partial charge is 0.459 e. The first kappa shape index (κ1) is 18.0. The number of halogens is 2. The van der Waals surface area contributed by atoms with E-state index in [1.165, 1.54) is 19.3 Å². The fourth-order valence-electron chi connectivity index (χ4n) is 2.68. The van der Waals surface area contributed by atoms with Gasteiger partial charge in [-0.05, 0) is 6.92 Å². The van der Waals surface area contributed by atoms with Gasteiger partial charge in [0.1, 0.15) is 6.10 Å². The first-order valence-electron chi connectivity index (χ1n) is 7.71. The third-order valence-electron chi connectivity index (χ3n) is 3.81. The van der Waals surface area contributed by atoms with Crippen LogP contribution in [-0.2, 0) is 11.3 Å². The molecule has 0 bridgehead atoms. The molecule has 0 aromatic carbocycles. The van der Waals surface area contributed by atoms with Crippen molar-refractivity contribution >= 4 is 34.0 Å². The number of carbonyl (C=O) groups excluding carboxylic acids is 1. The SMILES string of the molecule is CC(=O)Nc1nc(F)c(CN2CC(Oc3ncc(Cl)cn3)C[C@@H]2C)s1. The maximum absolute atomic E-state index is 14.0. The molecule has 1 aliphatic heterocycles. The van der Waals surface area contributed by atoms with Gasteiger partial charge in [0.25, 0.3) is 0 Å². The standard InChI is InChI=1S/C15H17ClFN5O2S/c1-8-3-11(24-14-18-4-10(16)5-19-14)6-22(8)7-12-13(17)21-15(25-12)20-9(2)23/h4-5,8,11H,3,6-7H2,1-2H3,(H,20,21,23)/t8-,11?/m0/s1. The van der Waals surface area contributed by atoms with Crippen molar-refractivity contribution in [2.75, 3.05) is 11.9 Å². The quantitative estimate of drug-likeness (QED) is 0.852. The Morgan fingerprint density at radius 3 is 2.92 bits per heavy atom. The van der Waals surface area contributed by atoms with E-state index in [1.807, 2.05) is 0 Å². The molecule has 3 heterocycles. The molecule has 7 nitrogen and oxygen atoms in total. The number of hydrogen-bond donors (Lipinski definition) is 1. The molecule has 1 aliphatic rings. The van der Waals surface area contributed by atoms with Gasteiger partial charge in [-0.25, -0.2) is 9.97 Å². The molecule has 25 heavy (non-hydrogen) atoms. The zero-order chi connectivity index (χ0) is 18.0. The molecule has 10 heteroatoms. The van der Waals surface area contributed by atoms with Crippen molar-refractivity contribution in [3.8, 4) is 6.01 Å². The minimum absolute atomic E-state index is 0.0815. The van der Waals surface area contributed by atoms with E-state index in [-0.39, 0.29) is 29.2 Å². The average Bonchev–Trinajstić information content (AvgIpc) is 3.04. The highest BCUT2D eigenvalue weighted by atomic mass is 35.5. The van der Waals surface area contributed by atoms with Gasteiger partial charge in [0.05, 0.1) is 22.3 Å². The topological polar surface area (TPSA) is 80.2 Å². The van der Waals surface area contributed by atoms with E-state index < -0.39 is 5.95 Å². The molecule has 3 rings (SSSR count). The predicted octanol–water partition coefficient (Wildman–Crippen LogP) is 2.73. The molecule has 0 saturated carbocycles. The van der Waals surface area contributed by atoms with Crippen LogP contribution in [0.25, 0.3) is 0 Å². The second-order valence-corrected chi connectivity index (χ2v) is 7.37. The average molecular weight is 386 g/mol. The summed E-state index contributed by atoms with van der Waals surface area (Å²) >= 11 is 6.90. The molecule has 0 radical (unpaired) electrons. The highest BCUT2D eigenvalue weighted by molar-refractivity contribution is 7.15. The molecular weight excluding hydrogens is 369 g/mol. The Morgan fingerprint density at radius 1 is 1.52 bits per heavy atom. The third-order valence-corrected chi connectivity index (χ3v) is 4.94. The van der Waals surface area contributed by atoms with Crippen LogP contribution in [0.2, 0.25) is 5.02 Å². The molecule has 1 amide bonds. The van der Waals surface area contributed by atoms with Gasteiger partial charge in [0.2, 0.25) is 11.9 Å². The predicted molar refractivity (Wildman–Crippen MR) is 92.3 cm³/mol. The van der Waals surface area contributed by atoms with E-state index in [0.717, 1.165) is 17.8 Å². The molecule has 134 valence electrons. The van der Waals surface area contributed by atoms with Crippen LogP contribution in [0.1, 0.15) is 25.1 Å². The van der Waals surface area contributed by atoms with Crippen LogP contribution in [0.3, 0.4) is 0 Å². The zero-order valence-corrected chi connectivity index (χ0v) is 15.3. The molecule has 1 saturated heterocycles. The maximum Gasteiger partial charge on any atom is 0.316 e. The summed E-state index contributed by atoms with van der Waals surface area (Å²) in [6.07, 6.45) is 3.67. The van der Waals surface area contributed by atoms with E-state index >= 15 is 0 Å². The van der Waals surface area contributed by atoms with Gasteiger partial charge in [-0.2, -0.15) is 9.37 Å². The van der Waals surface area contributed by atoms with Crippen LogP contribution in [0.4, 0.5) is 9.52 Å². The minimum atomic E-state index is -0.550.